The lowest BCUT2D eigenvalue weighted by Gasteiger charge is -2.13. The van der Waals surface area contributed by atoms with Crippen LogP contribution in [0.1, 0.15) is 18.1 Å². The van der Waals surface area contributed by atoms with E-state index in [1.165, 1.54) is 10.7 Å². The van der Waals surface area contributed by atoms with Gasteiger partial charge in [-0.1, -0.05) is 25.1 Å². The lowest BCUT2D eigenvalue weighted by molar-refractivity contribution is 0.603. The summed E-state index contributed by atoms with van der Waals surface area (Å²) < 4.78 is 29.8. The molecule has 3 aromatic rings. The normalized spacial score (nSPS) is 11.5. The predicted molar refractivity (Wildman–Crippen MR) is 104 cm³/mol. The number of para-hydroxylation sites is 1. The van der Waals surface area contributed by atoms with Crippen LogP contribution in [0.15, 0.2) is 50.8 Å². The SMILES string of the molecule is CCc1cccc(C)c1NS(=O)(=O)c1cc(-c2ccc(=O)n(C)n2)cs1. The monoisotopic (exact) mass is 389 g/mol. The standard InChI is InChI=1S/C18H19N3O3S2/c1-4-13-7-5-6-12(2)18(13)20-26(23,24)17-10-14(11-25-17)15-8-9-16(22)21(3)19-15/h5-11,20H,4H2,1-3H3. The Morgan fingerprint density at radius 3 is 2.69 bits per heavy atom. The molecule has 0 spiro atoms. The van der Waals surface area contributed by atoms with Gasteiger partial charge in [-0.25, -0.2) is 13.1 Å². The fourth-order valence-electron chi connectivity index (χ4n) is 2.60. The fraction of sp³-hybridized carbons (Fsp3) is 0.222. The van der Waals surface area contributed by atoms with Crippen LogP contribution in [-0.2, 0) is 23.5 Å². The van der Waals surface area contributed by atoms with Crippen LogP contribution in [0.2, 0.25) is 0 Å². The van der Waals surface area contributed by atoms with Crippen LogP contribution >= 0.6 is 11.3 Å². The molecule has 3 rings (SSSR count). The molecule has 0 saturated carbocycles. The van der Waals surface area contributed by atoms with Gasteiger partial charge in [0.05, 0.1) is 11.4 Å². The molecular weight excluding hydrogens is 370 g/mol. The molecule has 2 heterocycles. The van der Waals surface area contributed by atoms with Crippen LogP contribution in [0.3, 0.4) is 0 Å². The molecular formula is C18H19N3O3S2. The fourth-order valence-corrected chi connectivity index (χ4v) is 4.95. The van der Waals surface area contributed by atoms with E-state index in [1.54, 1.807) is 24.6 Å². The van der Waals surface area contributed by atoms with Gasteiger partial charge in [0, 0.05) is 24.1 Å². The Hall–Kier alpha value is -2.45. The zero-order valence-corrected chi connectivity index (χ0v) is 16.3. The van der Waals surface area contributed by atoms with Crippen LogP contribution in [-0.4, -0.2) is 18.2 Å². The van der Waals surface area contributed by atoms with E-state index in [-0.39, 0.29) is 9.77 Å². The largest absolute Gasteiger partial charge is 0.278 e. The molecule has 0 bridgehead atoms. The number of aromatic nitrogens is 2. The third-order valence-corrected chi connectivity index (χ3v) is 6.86. The molecule has 1 aromatic carbocycles. The van der Waals surface area contributed by atoms with E-state index >= 15 is 0 Å². The van der Waals surface area contributed by atoms with Gasteiger partial charge < -0.3 is 0 Å². The molecule has 136 valence electrons. The van der Waals surface area contributed by atoms with Crippen molar-refractivity contribution >= 4 is 27.0 Å². The number of benzene rings is 1. The van der Waals surface area contributed by atoms with Crippen molar-refractivity contribution in [3.63, 3.8) is 0 Å². The highest BCUT2D eigenvalue weighted by Gasteiger charge is 2.20. The van der Waals surface area contributed by atoms with E-state index in [1.807, 2.05) is 32.0 Å². The van der Waals surface area contributed by atoms with Crippen molar-refractivity contribution < 1.29 is 8.42 Å². The van der Waals surface area contributed by atoms with E-state index in [0.717, 1.165) is 28.9 Å². The van der Waals surface area contributed by atoms with Crippen molar-refractivity contribution in [2.45, 2.75) is 24.5 Å². The van der Waals surface area contributed by atoms with Crippen LogP contribution in [0.5, 0.6) is 0 Å². The predicted octanol–water partition coefficient (Wildman–Crippen LogP) is 3.18. The average Bonchev–Trinajstić information content (AvgIpc) is 3.10. The summed E-state index contributed by atoms with van der Waals surface area (Å²) in [6.07, 6.45) is 0.733. The number of hydrogen-bond donors (Lipinski definition) is 1. The molecule has 6 nitrogen and oxygen atoms in total. The van der Waals surface area contributed by atoms with Crippen molar-refractivity contribution in [1.29, 1.82) is 0 Å². The number of thiophene rings is 1. The van der Waals surface area contributed by atoms with Crippen molar-refractivity contribution in [1.82, 2.24) is 9.78 Å². The van der Waals surface area contributed by atoms with Crippen molar-refractivity contribution in [2.75, 3.05) is 4.72 Å². The first-order chi connectivity index (χ1) is 12.3. The molecule has 0 saturated heterocycles. The molecule has 0 radical (unpaired) electrons. The van der Waals surface area contributed by atoms with Crippen molar-refractivity contribution in [2.24, 2.45) is 7.05 Å². The number of anilines is 1. The Kier molecular flexibility index (Phi) is 4.97. The lowest BCUT2D eigenvalue weighted by atomic mass is 10.1. The first-order valence-electron chi connectivity index (χ1n) is 8.06. The Bertz CT molecular complexity index is 1110. The summed E-state index contributed by atoms with van der Waals surface area (Å²) in [6, 6.07) is 10.3. The number of sulfonamides is 1. The highest BCUT2D eigenvalue weighted by atomic mass is 32.2. The maximum absolute atomic E-state index is 12.8. The molecule has 0 fully saturated rings. The van der Waals surface area contributed by atoms with Gasteiger partial charge in [0.25, 0.3) is 15.6 Å². The number of nitrogens with zero attached hydrogens (tertiary/aromatic N) is 2. The maximum Gasteiger partial charge on any atom is 0.271 e. The first-order valence-corrected chi connectivity index (χ1v) is 10.4. The van der Waals surface area contributed by atoms with Gasteiger partial charge in [-0.2, -0.15) is 5.10 Å². The molecule has 2 aromatic heterocycles. The Balaban J connectivity index is 1.95. The molecule has 1 N–H and O–H groups in total. The third-order valence-electron chi connectivity index (χ3n) is 4.07. The molecule has 0 amide bonds. The van der Waals surface area contributed by atoms with Crippen LogP contribution < -0.4 is 10.3 Å². The number of hydrogen-bond acceptors (Lipinski definition) is 5. The quantitative estimate of drug-likeness (QED) is 0.727. The van der Waals surface area contributed by atoms with Crippen LogP contribution in [0.25, 0.3) is 11.3 Å². The van der Waals surface area contributed by atoms with Gasteiger partial charge >= 0.3 is 0 Å². The summed E-state index contributed by atoms with van der Waals surface area (Å²) in [7, 11) is -2.14. The second-order valence-corrected chi connectivity index (χ2v) is 8.72. The highest BCUT2D eigenvalue weighted by Crippen LogP contribution is 2.30. The van der Waals surface area contributed by atoms with Crippen molar-refractivity contribution in [3.8, 4) is 11.3 Å². The van der Waals surface area contributed by atoms with E-state index in [9.17, 15) is 13.2 Å². The molecule has 0 unspecified atom stereocenters. The molecule has 0 aliphatic rings. The summed E-state index contributed by atoms with van der Waals surface area (Å²) in [6.45, 7) is 3.87. The number of rotatable bonds is 5. The minimum absolute atomic E-state index is 0.202. The Morgan fingerprint density at radius 2 is 2.00 bits per heavy atom. The zero-order valence-electron chi connectivity index (χ0n) is 14.7. The molecule has 26 heavy (non-hydrogen) atoms. The summed E-state index contributed by atoms with van der Waals surface area (Å²) in [5, 5.41) is 5.88. The number of aryl methyl sites for hydroxylation is 3. The summed E-state index contributed by atoms with van der Waals surface area (Å²) in [5.41, 5.74) is 3.45. The van der Waals surface area contributed by atoms with Gasteiger partial charge in [-0.15, -0.1) is 11.3 Å². The topological polar surface area (TPSA) is 81.1 Å². The van der Waals surface area contributed by atoms with E-state index in [4.69, 9.17) is 0 Å². The van der Waals surface area contributed by atoms with E-state index < -0.39 is 10.0 Å². The van der Waals surface area contributed by atoms with Gasteiger partial charge in [0.1, 0.15) is 4.21 Å². The highest BCUT2D eigenvalue weighted by molar-refractivity contribution is 7.94. The second kappa shape index (κ2) is 7.05. The van der Waals surface area contributed by atoms with E-state index in [0.29, 0.717) is 16.9 Å². The lowest BCUT2D eigenvalue weighted by Crippen LogP contribution is -2.18. The van der Waals surface area contributed by atoms with Crippen molar-refractivity contribution in [3.05, 3.63) is 63.3 Å². The van der Waals surface area contributed by atoms with Gasteiger partial charge in [0.15, 0.2) is 0 Å². The summed E-state index contributed by atoms with van der Waals surface area (Å²) >= 11 is 1.12. The van der Waals surface area contributed by atoms with Gasteiger partial charge in [-0.05, 0) is 36.6 Å². The molecule has 8 heteroatoms. The smallest absolute Gasteiger partial charge is 0.271 e. The summed E-state index contributed by atoms with van der Waals surface area (Å²) in [4.78, 5) is 11.5. The minimum atomic E-state index is -3.70. The maximum atomic E-state index is 12.8. The van der Waals surface area contributed by atoms with Gasteiger partial charge in [-0.3, -0.25) is 9.52 Å². The van der Waals surface area contributed by atoms with E-state index in [2.05, 4.69) is 9.82 Å². The Labute approximate surface area is 156 Å². The first kappa shape index (κ1) is 18.3. The van der Waals surface area contributed by atoms with Crippen LogP contribution in [0, 0.1) is 6.92 Å². The van der Waals surface area contributed by atoms with Gasteiger partial charge in [0.2, 0.25) is 0 Å². The molecule has 0 aliphatic carbocycles. The number of nitrogens with one attached hydrogen (secondary N) is 1. The average molecular weight is 390 g/mol. The molecule has 0 aliphatic heterocycles. The minimum Gasteiger partial charge on any atom is -0.278 e. The third kappa shape index (κ3) is 3.56. The molecule has 0 atom stereocenters. The summed E-state index contributed by atoms with van der Waals surface area (Å²) in [5.74, 6) is 0. The second-order valence-electron chi connectivity index (χ2n) is 5.90. The Morgan fingerprint density at radius 1 is 1.23 bits per heavy atom. The van der Waals surface area contributed by atoms with Crippen LogP contribution in [0.4, 0.5) is 5.69 Å². The zero-order chi connectivity index (χ0) is 18.9.